The van der Waals surface area contributed by atoms with E-state index in [1.165, 1.54) is 5.56 Å². The molecule has 1 aromatic carbocycles. The van der Waals surface area contributed by atoms with Gasteiger partial charge in [-0.1, -0.05) is 43.7 Å². The molecule has 1 amide bonds. The smallest absolute Gasteiger partial charge is 0.243 e. The van der Waals surface area contributed by atoms with Crippen LogP contribution >= 0.6 is 24.0 Å². The Morgan fingerprint density at radius 1 is 1.11 bits per heavy atom. The Hall–Kier alpha value is -1.35. The minimum absolute atomic E-state index is 0. The molecule has 2 N–H and O–H groups in total. The van der Waals surface area contributed by atoms with Crippen molar-refractivity contribution >= 4 is 35.8 Å². The van der Waals surface area contributed by atoms with Crippen LogP contribution in [0.4, 0.5) is 0 Å². The third kappa shape index (κ3) is 11.5. The lowest BCUT2D eigenvalue weighted by Crippen LogP contribution is -2.41. The monoisotopic (exact) mass is 503 g/mol. The predicted molar refractivity (Wildman–Crippen MR) is 129 cm³/mol. The summed E-state index contributed by atoms with van der Waals surface area (Å²) in [5.41, 5.74) is 1.32. The van der Waals surface area contributed by atoms with E-state index in [9.17, 15) is 4.79 Å². The molecule has 0 spiro atoms. The number of benzene rings is 1. The van der Waals surface area contributed by atoms with Gasteiger partial charge in [0.15, 0.2) is 5.96 Å². The molecule has 6 nitrogen and oxygen atoms in total. The molecule has 160 valence electrons. The highest BCUT2D eigenvalue weighted by Gasteiger charge is 2.10. The number of rotatable bonds is 11. The lowest BCUT2D eigenvalue weighted by Gasteiger charge is -2.25. The van der Waals surface area contributed by atoms with Crippen molar-refractivity contribution in [1.82, 2.24) is 20.4 Å². The fraction of sp³-hybridized carbons (Fsp3) is 0.619. The van der Waals surface area contributed by atoms with Gasteiger partial charge in [0.05, 0.1) is 0 Å². The molecule has 1 rings (SSSR count). The number of nitrogens with one attached hydrogen (secondary N) is 2. The van der Waals surface area contributed by atoms with Crippen molar-refractivity contribution in [3.63, 3.8) is 0 Å². The number of amides is 1. The van der Waals surface area contributed by atoms with Gasteiger partial charge in [-0.15, -0.1) is 24.0 Å². The molecule has 0 aromatic heterocycles. The van der Waals surface area contributed by atoms with Crippen LogP contribution in [0.25, 0.3) is 0 Å². The maximum atomic E-state index is 11.8. The van der Waals surface area contributed by atoms with Gasteiger partial charge in [-0.25, -0.2) is 4.99 Å². The molecular weight excluding hydrogens is 465 g/mol. The van der Waals surface area contributed by atoms with E-state index in [1.54, 1.807) is 19.0 Å². The highest BCUT2D eigenvalue weighted by atomic mass is 127. The Morgan fingerprint density at radius 3 is 2.36 bits per heavy atom. The zero-order valence-corrected chi connectivity index (χ0v) is 20.4. The second-order valence-corrected chi connectivity index (χ2v) is 7.20. The number of hydrogen-bond donors (Lipinski definition) is 2. The van der Waals surface area contributed by atoms with Gasteiger partial charge in [0, 0.05) is 39.8 Å². The standard InChI is InChI=1S/C21H37N5O.HI/c1-6-7-14-22-21(24-16-20(27)25(3)4)23-15-13-18(2)26(5)17-19-11-9-8-10-12-19;/h8-12,18H,6-7,13-17H2,1-5H3,(H2,22,23,24);1H. The van der Waals surface area contributed by atoms with Crippen molar-refractivity contribution in [2.24, 2.45) is 4.99 Å². The molecule has 0 radical (unpaired) electrons. The number of likely N-dealkylation sites (N-methyl/N-ethyl adjacent to an activating group) is 1. The number of aliphatic imine (C=N–C) groups is 1. The molecule has 1 atom stereocenters. The molecule has 1 unspecified atom stereocenters. The van der Waals surface area contributed by atoms with Crippen LogP contribution in [-0.4, -0.2) is 68.5 Å². The summed E-state index contributed by atoms with van der Waals surface area (Å²) in [5.74, 6) is 0.721. The molecule has 0 aliphatic carbocycles. The van der Waals surface area contributed by atoms with Crippen molar-refractivity contribution < 1.29 is 4.79 Å². The van der Waals surface area contributed by atoms with Gasteiger partial charge < -0.3 is 15.5 Å². The zero-order valence-electron chi connectivity index (χ0n) is 18.1. The Bertz CT molecular complexity index is 565. The van der Waals surface area contributed by atoms with Crippen molar-refractivity contribution in [1.29, 1.82) is 0 Å². The van der Waals surface area contributed by atoms with Gasteiger partial charge in [0.25, 0.3) is 0 Å². The molecule has 0 aliphatic rings. The molecule has 0 saturated heterocycles. The summed E-state index contributed by atoms with van der Waals surface area (Å²) in [6.45, 7) is 7.18. The Morgan fingerprint density at radius 2 is 1.75 bits per heavy atom. The molecule has 0 bridgehead atoms. The predicted octanol–water partition coefficient (Wildman–Crippen LogP) is 2.94. The maximum absolute atomic E-state index is 11.8. The number of nitrogens with zero attached hydrogens (tertiary/aromatic N) is 3. The van der Waals surface area contributed by atoms with E-state index in [1.807, 2.05) is 6.07 Å². The summed E-state index contributed by atoms with van der Waals surface area (Å²) in [6.07, 6.45) is 3.20. The second-order valence-electron chi connectivity index (χ2n) is 7.20. The summed E-state index contributed by atoms with van der Waals surface area (Å²) in [6, 6.07) is 11.0. The molecule has 0 heterocycles. The van der Waals surface area contributed by atoms with Crippen LogP contribution in [0.1, 0.15) is 38.7 Å². The third-order valence-electron chi connectivity index (χ3n) is 4.58. The highest BCUT2D eigenvalue weighted by molar-refractivity contribution is 14.0. The van der Waals surface area contributed by atoms with Crippen LogP contribution in [0, 0.1) is 0 Å². The van der Waals surface area contributed by atoms with E-state index in [0.29, 0.717) is 6.04 Å². The van der Waals surface area contributed by atoms with E-state index in [0.717, 1.165) is 44.9 Å². The molecule has 1 aromatic rings. The number of guanidine groups is 1. The van der Waals surface area contributed by atoms with Gasteiger partial charge in [0.1, 0.15) is 6.54 Å². The zero-order chi connectivity index (χ0) is 20.1. The van der Waals surface area contributed by atoms with Crippen molar-refractivity contribution in [3.8, 4) is 0 Å². The Balaban J connectivity index is 0.00000729. The lowest BCUT2D eigenvalue weighted by molar-refractivity contribution is -0.127. The molecule has 0 saturated carbocycles. The van der Waals surface area contributed by atoms with Crippen LogP contribution in [0.15, 0.2) is 35.3 Å². The molecular formula is C21H38IN5O. The first kappa shape index (κ1) is 26.6. The number of carbonyl (C=O) groups excluding carboxylic acids is 1. The van der Waals surface area contributed by atoms with Gasteiger partial charge in [0.2, 0.25) is 5.91 Å². The van der Waals surface area contributed by atoms with Crippen molar-refractivity contribution in [3.05, 3.63) is 35.9 Å². The SMILES string of the molecule is CCCCNC(=NCC(=O)N(C)C)NCCC(C)N(C)Cc1ccccc1.I. The van der Waals surface area contributed by atoms with Crippen molar-refractivity contribution in [2.45, 2.75) is 45.7 Å². The van der Waals surface area contributed by atoms with Crippen molar-refractivity contribution in [2.75, 3.05) is 40.8 Å². The fourth-order valence-corrected chi connectivity index (χ4v) is 2.49. The normalized spacial score (nSPS) is 12.3. The third-order valence-corrected chi connectivity index (χ3v) is 4.58. The van der Waals surface area contributed by atoms with Gasteiger partial charge in [-0.3, -0.25) is 9.69 Å². The first-order valence-corrected chi connectivity index (χ1v) is 9.90. The summed E-state index contributed by atoms with van der Waals surface area (Å²) in [7, 11) is 5.65. The topological polar surface area (TPSA) is 60.0 Å². The second kappa shape index (κ2) is 15.6. The van der Waals surface area contributed by atoms with Gasteiger partial charge in [-0.2, -0.15) is 0 Å². The summed E-state index contributed by atoms with van der Waals surface area (Å²) >= 11 is 0. The Labute approximate surface area is 188 Å². The molecule has 7 heteroatoms. The molecule has 28 heavy (non-hydrogen) atoms. The average molecular weight is 503 g/mol. The number of hydrogen-bond acceptors (Lipinski definition) is 3. The summed E-state index contributed by atoms with van der Waals surface area (Å²) in [4.78, 5) is 20.1. The molecule has 0 aliphatic heterocycles. The van der Waals surface area contributed by atoms with E-state index in [2.05, 4.69) is 65.7 Å². The van der Waals surface area contributed by atoms with Crippen LogP contribution in [0.3, 0.4) is 0 Å². The first-order valence-electron chi connectivity index (χ1n) is 9.90. The lowest BCUT2D eigenvalue weighted by atomic mass is 10.1. The van der Waals surface area contributed by atoms with E-state index in [4.69, 9.17) is 0 Å². The summed E-state index contributed by atoms with van der Waals surface area (Å²) < 4.78 is 0. The highest BCUT2D eigenvalue weighted by Crippen LogP contribution is 2.07. The number of halogens is 1. The summed E-state index contributed by atoms with van der Waals surface area (Å²) in [5, 5.41) is 6.68. The van der Waals surface area contributed by atoms with Crippen LogP contribution in [0.2, 0.25) is 0 Å². The minimum Gasteiger partial charge on any atom is -0.356 e. The van der Waals surface area contributed by atoms with Crippen LogP contribution < -0.4 is 10.6 Å². The number of unbranched alkanes of at least 4 members (excludes halogenated alkanes) is 1. The Kier molecular flexibility index (Phi) is 14.8. The number of carbonyl (C=O) groups is 1. The van der Waals surface area contributed by atoms with E-state index < -0.39 is 0 Å². The largest absolute Gasteiger partial charge is 0.356 e. The molecule has 0 fully saturated rings. The van der Waals surface area contributed by atoms with E-state index in [-0.39, 0.29) is 36.4 Å². The van der Waals surface area contributed by atoms with Crippen LogP contribution in [-0.2, 0) is 11.3 Å². The average Bonchev–Trinajstić information content (AvgIpc) is 2.66. The quantitative estimate of drug-likeness (QED) is 0.211. The van der Waals surface area contributed by atoms with E-state index >= 15 is 0 Å². The van der Waals surface area contributed by atoms with Gasteiger partial charge >= 0.3 is 0 Å². The minimum atomic E-state index is 0. The first-order chi connectivity index (χ1) is 12.9. The fourth-order valence-electron chi connectivity index (χ4n) is 2.49. The van der Waals surface area contributed by atoms with Crippen LogP contribution in [0.5, 0.6) is 0 Å². The van der Waals surface area contributed by atoms with Gasteiger partial charge in [-0.05, 0) is 32.4 Å². The maximum Gasteiger partial charge on any atom is 0.243 e.